The molecule has 1 heterocycles. The quantitative estimate of drug-likeness (QED) is 0.712. The van der Waals surface area contributed by atoms with Crippen LogP contribution in [0.25, 0.3) is 0 Å². The molecule has 6 heteroatoms. The zero-order valence-electron chi connectivity index (χ0n) is 14.5. The summed E-state index contributed by atoms with van der Waals surface area (Å²) in [5.74, 6) is -0.0524. The monoisotopic (exact) mass is 347 g/mol. The fourth-order valence-electron chi connectivity index (χ4n) is 3.34. The number of hydrogen-bond donors (Lipinski definition) is 1. The van der Waals surface area contributed by atoms with E-state index in [1.54, 1.807) is 0 Å². The minimum atomic E-state index is -0.459. The molecule has 1 aromatic heterocycles. The minimum absolute atomic E-state index is 0.0524. The number of hydrogen-bond acceptors (Lipinski definition) is 4. The molecule has 6 nitrogen and oxygen atoms in total. The van der Waals surface area contributed by atoms with Crippen LogP contribution in [0, 0.1) is 0 Å². The van der Waals surface area contributed by atoms with E-state index in [9.17, 15) is 4.79 Å². The van der Waals surface area contributed by atoms with Crippen LogP contribution in [-0.2, 0) is 16.6 Å². The van der Waals surface area contributed by atoms with Gasteiger partial charge in [-0.15, -0.1) is 5.10 Å². The van der Waals surface area contributed by atoms with E-state index in [2.05, 4.69) is 45.1 Å². The molecule has 132 valence electrons. The molecule has 0 unspecified atom stereocenters. The van der Waals surface area contributed by atoms with E-state index in [0.29, 0.717) is 13.0 Å². The molecule has 1 saturated carbocycles. The molecular weight excluding hydrogens is 326 g/mol. The number of tetrazole rings is 1. The lowest BCUT2D eigenvalue weighted by atomic mass is 9.95. The van der Waals surface area contributed by atoms with Gasteiger partial charge in [-0.05, 0) is 34.4 Å². The van der Waals surface area contributed by atoms with Crippen LogP contribution < -0.4 is 5.32 Å². The molecular formula is C20H21N5O. The van der Waals surface area contributed by atoms with Crippen molar-refractivity contribution in [2.75, 3.05) is 6.54 Å². The molecule has 3 aromatic rings. The summed E-state index contributed by atoms with van der Waals surface area (Å²) in [6.45, 7) is 0.642. The van der Waals surface area contributed by atoms with Gasteiger partial charge < -0.3 is 5.32 Å². The molecule has 0 aliphatic heterocycles. The van der Waals surface area contributed by atoms with E-state index in [4.69, 9.17) is 0 Å². The largest absolute Gasteiger partial charge is 0.353 e. The van der Waals surface area contributed by atoms with E-state index >= 15 is 0 Å². The lowest BCUT2D eigenvalue weighted by molar-refractivity contribution is -0.124. The maximum atomic E-state index is 12.9. The van der Waals surface area contributed by atoms with Crippen molar-refractivity contribution in [1.29, 1.82) is 0 Å². The lowest BCUT2D eigenvalue weighted by Gasteiger charge is -2.20. The number of nitrogens with one attached hydrogen (secondary N) is 1. The van der Waals surface area contributed by atoms with Gasteiger partial charge in [-0.25, -0.2) is 4.68 Å². The zero-order valence-corrected chi connectivity index (χ0v) is 14.5. The second kappa shape index (κ2) is 7.07. The highest BCUT2D eigenvalue weighted by Crippen LogP contribution is 2.47. The van der Waals surface area contributed by atoms with E-state index in [-0.39, 0.29) is 11.3 Å². The minimum Gasteiger partial charge on any atom is -0.353 e. The second-order valence-corrected chi connectivity index (χ2v) is 6.86. The first-order chi connectivity index (χ1) is 12.8. The molecule has 1 N–H and O–H groups in total. The Morgan fingerprint density at radius 2 is 1.77 bits per heavy atom. The van der Waals surface area contributed by atoms with Crippen molar-refractivity contribution in [2.24, 2.45) is 0 Å². The Morgan fingerprint density at radius 3 is 2.38 bits per heavy atom. The van der Waals surface area contributed by atoms with Crippen molar-refractivity contribution in [3.63, 3.8) is 0 Å². The van der Waals surface area contributed by atoms with Gasteiger partial charge >= 0.3 is 0 Å². The molecule has 1 aliphatic rings. The predicted molar refractivity (Wildman–Crippen MR) is 97.4 cm³/mol. The Kier molecular flexibility index (Phi) is 4.48. The van der Waals surface area contributed by atoms with Gasteiger partial charge in [0.05, 0.1) is 0 Å². The molecule has 1 amide bonds. The van der Waals surface area contributed by atoms with Crippen LogP contribution in [0.4, 0.5) is 0 Å². The molecule has 1 aliphatic carbocycles. The molecule has 4 rings (SSSR count). The number of aromatic nitrogens is 4. The summed E-state index contributed by atoms with van der Waals surface area (Å²) in [6.07, 6.45) is 4.25. The van der Waals surface area contributed by atoms with E-state index < -0.39 is 6.04 Å². The third kappa shape index (κ3) is 3.49. The van der Waals surface area contributed by atoms with E-state index in [0.717, 1.165) is 18.4 Å². The first-order valence-electron chi connectivity index (χ1n) is 8.86. The van der Waals surface area contributed by atoms with Crippen molar-refractivity contribution in [1.82, 2.24) is 25.5 Å². The molecule has 2 aromatic carbocycles. The predicted octanol–water partition coefficient (Wildman–Crippen LogP) is 2.30. The highest BCUT2D eigenvalue weighted by molar-refractivity contribution is 5.80. The Hall–Kier alpha value is -3.02. The average molecular weight is 347 g/mol. The topological polar surface area (TPSA) is 72.7 Å². The maximum Gasteiger partial charge on any atom is 0.245 e. The summed E-state index contributed by atoms with van der Waals surface area (Å²) in [5, 5.41) is 14.5. The maximum absolute atomic E-state index is 12.9. The number of carbonyl (C=O) groups excluding carboxylic acids is 1. The number of nitrogens with zero attached hydrogens (tertiary/aromatic N) is 4. The van der Waals surface area contributed by atoms with Crippen LogP contribution in [0.15, 0.2) is 67.0 Å². The van der Waals surface area contributed by atoms with Gasteiger partial charge in [-0.3, -0.25) is 4.79 Å². The molecule has 1 atom stereocenters. The fraction of sp³-hybridized carbons (Fsp3) is 0.300. The number of amides is 1. The normalized spacial score (nSPS) is 16.0. The summed E-state index contributed by atoms with van der Waals surface area (Å²) in [7, 11) is 0. The Morgan fingerprint density at radius 1 is 1.08 bits per heavy atom. The standard InChI is InChI=1S/C20H21N5O/c26-19(21-14-20(11-12-20)17-9-5-2-6-10-17)18(25-15-22-23-24-25)13-16-7-3-1-4-8-16/h1-10,15,18H,11-14H2,(H,21,26)/t18-/m0/s1. The zero-order chi connectivity index (χ0) is 17.8. The van der Waals surface area contributed by atoms with Gasteiger partial charge in [0.2, 0.25) is 5.91 Å². The van der Waals surface area contributed by atoms with Crippen molar-refractivity contribution < 1.29 is 4.79 Å². The highest BCUT2D eigenvalue weighted by Gasteiger charge is 2.44. The van der Waals surface area contributed by atoms with Crippen LogP contribution in [-0.4, -0.2) is 32.7 Å². The third-order valence-corrected chi connectivity index (χ3v) is 5.10. The van der Waals surface area contributed by atoms with E-state index in [1.807, 2.05) is 36.4 Å². The van der Waals surface area contributed by atoms with Crippen LogP contribution in [0.1, 0.15) is 30.0 Å². The Labute approximate surface area is 152 Å². The third-order valence-electron chi connectivity index (χ3n) is 5.10. The number of rotatable bonds is 7. The van der Waals surface area contributed by atoms with Crippen molar-refractivity contribution in [3.05, 3.63) is 78.1 Å². The van der Waals surface area contributed by atoms with Gasteiger partial charge in [0, 0.05) is 18.4 Å². The van der Waals surface area contributed by atoms with E-state index in [1.165, 1.54) is 16.6 Å². The molecule has 0 radical (unpaired) electrons. The Bertz CT molecular complexity index is 844. The van der Waals surface area contributed by atoms with Gasteiger partial charge in [-0.2, -0.15) is 0 Å². The summed E-state index contributed by atoms with van der Waals surface area (Å²) in [5.41, 5.74) is 2.45. The van der Waals surface area contributed by atoms with Crippen molar-refractivity contribution in [2.45, 2.75) is 30.7 Å². The Balaban J connectivity index is 1.47. The fourth-order valence-corrected chi connectivity index (χ4v) is 3.34. The first-order valence-corrected chi connectivity index (χ1v) is 8.86. The summed E-state index contributed by atoms with van der Waals surface area (Å²) in [6, 6.07) is 19.9. The van der Waals surface area contributed by atoms with Crippen molar-refractivity contribution in [3.8, 4) is 0 Å². The molecule has 0 saturated heterocycles. The molecule has 0 spiro atoms. The first kappa shape index (κ1) is 16.4. The second-order valence-electron chi connectivity index (χ2n) is 6.86. The van der Waals surface area contributed by atoms with Gasteiger partial charge in [0.1, 0.15) is 12.4 Å². The van der Waals surface area contributed by atoms with Crippen LogP contribution >= 0.6 is 0 Å². The number of benzene rings is 2. The van der Waals surface area contributed by atoms with Gasteiger partial charge in [-0.1, -0.05) is 60.7 Å². The summed E-state index contributed by atoms with van der Waals surface area (Å²) < 4.78 is 1.53. The number of carbonyl (C=O) groups is 1. The summed E-state index contributed by atoms with van der Waals surface area (Å²) in [4.78, 5) is 12.9. The van der Waals surface area contributed by atoms with Gasteiger partial charge in [0.15, 0.2) is 0 Å². The smallest absolute Gasteiger partial charge is 0.245 e. The summed E-state index contributed by atoms with van der Waals surface area (Å²) >= 11 is 0. The van der Waals surface area contributed by atoms with Crippen LogP contribution in [0.5, 0.6) is 0 Å². The average Bonchev–Trinajstić information content (AvgIpc) is 3.30. The highest BCUT2D eigenvalue weighted by atomic mass is 16.2. The molecule has 1 fully saturated rings. The molecule has 0 bridgehead atoms. The molecule has 26 heavy (non-hydrogen) atoms. The lowest BCUT2D eigenvalue weighted by Crippen LogP contribution is -2.38. The van der Waals surface area contributed by atoms with Crippen LogP contribution in [0.3, 0.4) is 0 Å². The van der Waals surface area contributed by atoms with Gasteiger partial charge in [0.25, 0.3) is 0 Å². The van der Waals surface area contributed by atoms with Crippen molar-refractivity contribution >= 4 is 5.91 Å². The SMILES string of the molecule is O=C(NCC1(c2ccccc2)CC1)[C@H](Cc1ccccc1)n1cnnn1. The van der Waals surface area contributed by atoms with Crippen LogP contribution in [0.2, 0.25) is 0 Å².